The number of benzene rings is 1. The predicted molar refractivity (Wildman–Crippen MR) is 72.5 cm³/mol. The van der Waals surface area contributed by atoms with Crippen LogP contribution >= 0.6 is 0 Å². The minimum absolute atomic E-state index is 0.578. The Morgan fingerprint density at radius 3 is 1.75 bits per heavy atom. The second kappa shape index (κ2) is 6.92. The lowest BCUT2D eigenvalue weighted by Crippen LogP contribution is -2.29. The molecule has 0 aliphatic carbocycles. The number of nitriles is 1. The van der Waals surface area contributed by atoms with Crippen molar-refractivity contribution in [2.45, 2.75) is 24.9 Å². The highest BCUT2D eigenvalue weighted by molar-refractivity contribution is 5.76. The Morgan fingerprint density at radius 1 is 0.857 bits per heavy atom. The minimum atomic E-state index is -5.36. The number of hydrogen-bond acceptors (Lipinski definition) is 2. The van der Waals surface area contributed by atoms with Crippen LogP contribution in [0.3, 0.4) is 0 Å². The van der Waals surface area contributed by atoms with Gasteiger partial charge in [0.2, 0.25) is 0 Å². The molecule has 1 aromatic heterocycles. The Balaban J connectivity index is 2.56. The van der Waals surface area contributed by atoms with Gasteiger partial charge in [-0.25, -0.2) is 0 Å². The number of nitrogens with zero attached hydrogens (tertiary/aromatic N) is 1. The van der Waals surface area contributed by atoms with E-state index in [1.54, 1.807) is 0 Å². The van der Waals surface area contributed by atoms with Crippen molar-refractivity contribution >= 4 is 0 Å². The summed E-state index contributed by atoms with van der Waals surface area (Å²) >= 11 is 0. The highest BCUT2D eigenvalue weighted by Crippen LogP contribution is 2.44. The van der Waals surface area contributed by atoms with Gasteiger partial charge in [0, 0.05) is 5.56 Å². The van der Waals surface area contributed by atoms with Crippen LogP contribution in [0.4, 0.5) is 43.9 Å². The molecule has 1 unspecified atom stereocenters. The van der Waals surface area contributed by atoms with Gasteiger partial charge in [-0.15, -0.1) is 0 Å². The van der Waals surface area contributed by atoms with E-state index in [1.165, 1.54) is 0 Å². The molecule has 0 spiro atoms. The summed E-state index contributed by atoms with van der Waals surface area (Å²) in [5.41, 5.74) is -6.89. The summed E-state index contributed by atoms with van der Waals surface area (Å²) in [4.78, 5) is 1.13. The maximum Gasteiger partial charge on any atom is 0.457 e. The molecule has 13 heteroatoms. The summed E-state index contributed by atoms with van der Waals surface area (Å²) in [5, 5.41) is 8.93. The number of nitrogens with one attached hydrogen (secondary N) is 1. The van der Waals surface area contributed by atoms with Crippen LogP contribution in [-0.2, 0) is 12.4 Å². The van der Waals surface area contributed by atoms with Crippen LogP contribution in [-0.4, -0.2) is 17.5 Å². The third-order valence-corrected chi connectivity index (χ3v) is 3.32. The number of aromatic amines is 1. The van der Waals surface area contributed by atoms with Gasteiger partial charge in [-0.1, -0.05) is 12.1 Å². The number of alkyl halides is 10. The van der Waals surface area contributed by atoms with E-state index in [4.69, 9.17) is 5.26 Å². The summed E-state index contributed by atoms with van der Waals surface area (Å²) < 4.78 is 131. The van der Waals surface area contributed by atoms with Crippen LogP contribution in [0.1, 0.15) is 17.0 Å². The van der Waals surface area contributed by atoms with E-state index in [0.717, 1.165) is 11.1 Å². The van der Waals surface area contributed by atoms with E-state index in [9.17, 15) is 43.9 Å². The van der Waals surface area contributed by atoms with Gasteiger partial charge >= 0.3 is 24.9 Å². The number of halogens is 10. The standard InChI is InChI=1S/C15H6F10N2O/c16-12(15(23,24)25)28-7-3-1-6(2-4-7)9-8(5-26)10(13(17,18)19)27-11(9)14(20,21)22/h1-4,12,27H. The van der Waals surface area contributed by atoms with Crippen molar-refractivity contribution in [1.29, 1.82) is 5.26 Å². The van der Waals surface area contributed by atoms with E-state index >= 15 is 0 Å². The number of aromatic nitrogens is 1. The Kier molecular flexibility index (Phi) is 5.28. The molecular formula is C15H6F10N2O. The maximum atomic E-state index is 13.1. The van der Waals surface area contributed by atoms with Gasteiger partial charge in [-0.05, 0) is 17.7 Å². The van der Waals surface area contributed by atoms with Crippen molar-refractivity contribution in [1.82, 2.24) is 4.98 Å². The van der Waals surface area contributed by atoms with Gasteiger partial charge in [-0.2, -0.15) is 49.2 Å². The summed E-state index contributed by atoms with van der Waals surface area (Å²) in [7, 11) is 0. The van der Waals surface area contributed by atoms with E-state index in [0.29, 0.717) is 24.3 Å². The summed E-state index contributed by atoms with van der Waals surface area (Å²) in [6.07, 6.45) is -19.7. The highest BCUT2D eigenvalue weighted by Gasteiger charge is 2.45. The molecule has 1 atom stereocenters. The molecule has 0 bridgehead atoms. The minimum Gasteiger partial charge on any atom is -0.452 e. The first kappa shape index (κ1) is 21.4. The first-order chi connectivity index (χ1) is 12.7. The SMILES string of the molecule is N#Cc1c(C(F)(F)F)[nH]c(C(F)(F)F)c1-c1ccc(OC(F)C(F)(F)F)cc1. The monoisotopic (exact) mass is 420 g/mol. The first-order valence-corrected chi connectivity index (χ1v) is 6.94. The lowest BCUT2D eigenvalue weighted by molar-refractivity contribution is -0.236. The maximum absolute atomic E-state index is 13.1. The zero-order chi connectivity index (χ0) is 21.5. The third-order valence-electron chi connectivity index (χ3n) is 3.32. The van der Waals surface area contributed by atoms with Crippen molar-refractivity contribution in [3.8, 4) is 22.9 Å². The van der Waals surface area contributed by atoms with Gasteiger partial charge in [-0.3, -0.25) is 0 Å². The average Bonchev–Trinajstić information content (AvgIpc) is 2.94. The number of H-pyrrole nitrogens is 1. The molecule has 0 amide bonds. The molecule has 1 N–H and O–H groups in total. The number of ether oxygens (including phenoxy) is 1. The third kappa shape index (κ3) is 4.32. The van der Waals surface area contributed by atoms with E-state index in [1.807, 2.05) is 0 Å². The second-order valence-corrected chi connectivity index (χ2v) is 5.23. The molecule has 2 rings (SSSR count). The lowest BCUT2D eigenvalue weighted by Gasteiger charge is -2.14. The fraction of sp³-hybridized carbons (Fsp3) is 0.267. The summed E-state index contributed by atoms with van der Waals surface area (Å²) in [6, 6.07) is 3.61. The van der Waals surface area contributed by atoms with E-state index < -0.39 is 58.7 Å². The zero-order valence-electron chi connectivity index (χ0n) is 13.0. The second-order valence-electron chi connectivity index (χ2n) is 5.23. The van der Waals surface area contributed by atoms with Gasteiger partial charge < -0.3 is 9.72 Å². The van der Waals surface area contributed by atoms with Crippen LogP contribution in [0.25, 0.3) is 11.1 Å². The van der Waals surface area contributed by atoms with Crippen molar-refractivity contribution in [2.24, 2.45) is 0 Å². The summed E-state index contributed by atoms with van der Waals surface area (Å²) in [6.45, 7) is 0. The Morgan fingerprint density at radius 2 is 1.36 bits per heavy atom. The molecule has 28 heavy (non-hydrogen) atoms. The van der Waals surface area contributed by atoms with Crippen molar-refractivity contribution in [2.75, 3.05) is 0 Å². The molecule has 0 radical (unpaired) electrons. The zero-order valence-corrected chi connectivity index (χ0v) is 13.0. The predicted octanol–water partition coefficient (Wildman–Crippen LogP) is 5.83. The molecule has 0 aliphatic heterocycles. The molecule has 0 fully saturated rings. The molecule has 0 saturated carbocycles. The Labute approximate surface area is 149 Å². The van der Waals surface area contributed by atoms with E-state index in [-0.39, 0.29) is 0 Å². The number of rotatable bonds is 3. The molecule has 1 aromatic carbocycles. The van der Waals surface area contributed by atoms with Gasteiger partial charge in [0.25, 0.3) is 0 Å². The molecule has 0 aliphatic rings. The van der Waals surface area contributed by atoms with Crippen LogP contribution < -0.4 is 4.74 Å². The van der Waals surface area contributed by atoms with E-state index in [2.05, 4.69) is 4.74 Å². The molecule has 0 saturated heterocycles. The molecule has 3 nitrogen and oxygen atoms in total. The fourth-order valence-electron chi connectivity index (χ4n) is 2.21. The number of hydrogen-bond donors (Lipinski definition) is 1. The van der Waals surface area contributed by atoms with Crippen molar-refractivity contribution in [3.05, 3.63) is 41.2 Å². The Hall–Kier alpha value is -2.91. The van der Waals surface area contributed by atoms with Gasteiger partial charge in [0.15, 0.2) is 0 Å². The first-order valence-electron chi connectivity index (χ1n) is 6.94. The van der Waals surface area contributed by atoms with Crippen molar-refractivity contribution < 1.29 is 48.6 Å². The quantitative estimate of drug-likeness (QED) is 0.636. The van der Waals surface area contributed by atoms with Crippen molar-refractivity contribution in [3.63, 3.8) is 0 Å². The van der Waals surface area contributed by atoms with Crippen LogP contribution in [0, 0.1) is 11.3 Å². The highest BCUT2D eigenvalue weighted by atomic mass is 19.4. The molecule has 2 aromatic rings. The van der Waals surface area contributed by atoms with Gasteiger partial charge in [0.1, 0.15) is 23.2 Å². The molecule has 152 valence electrons. The lowest BCUT2D eigenvalue weighted by atomic mass is 10.00. The Bertz CT molecular complexity index is 884. The largest absolute Gasteiger partial charge is 0.457 e. The normalized spacial score (nSPS) is 13.9. The van der Waals surface area contributed by atoms with Crippen LogP contribution in [0.2, 0.25) is 0 Å². The molecular weight excluding hydrogens is 414 g/mol. The average molecular weight is 420 g/mol. The smallest absolute Gasteiger partial charge is 0.452 e. The van der Waals surface area contributed by atoms with Gasteiger partial charge in [0.05, 0.1) is 5.56 Å². The fourth-order valence-corrected chi connectivity index (χ4v) is 2.21. The molecule has 1 heterocycles. The summed E-state index contributed by atoms with van der Waals surface area (Å²) in [5.74, 6) is -0.743. The van der Waals surface area contributed by atoms with Crippen LogP contribution in [0.15, 0.2) is 24.3 Å². The van der Waals surface area contributed by atoms with Crippen LogP contribution in [0.5, 0.6) is 5.75 Å². The topological polar surface area (TPSA) is 48.8 Å².